The van der Waals surface area contributed by atoms with E-state index in [0.717, 1.165) is 42.4 Å². The van der Waals surface area contributed by atoms with Gasteiger partial charge in [0, 0.05) is 32.6 Å². The van der Waals surface area contributed by atoms with Gasteiger partial charge in [0.1, 0.15) is 5.82 Å². The number of benzene rings is 2. The summed E-state index contributed by atoms with van der Waals surface area (Å²) in [6, 6.07) is 14.4. The van der Waals surface area contributed by atoms with Crippen molar-refractivity contribution >= 4 is 11.8 Å². The number of amides is 2. The van der Waals surface area contributed by atoms with E-state index in [9.17, 15) is 14.0 Å². The highest BCUT2D eigenvalue weighted by atomic mass is 19.1. The molecule has 1 saturated heterocycles. The van der Waals surface area contributed by atoms with Crippen LogP contribution in [0.1, 0.15) is 31.2 Å². The van der Waals surface area contributed by atoms with Crippen molar-refractivity contribution in [3.05, 3.63) is 59.9 Å². The molecule has 2 fully saturated rings. The average molecular weight is 409 g/mol. The molecule has 1 aliphatic heterocycles. The predicted octanol–water partition coefficient (Wildman–Crippen LogP) is 4.14. The van der Waals surface area contributed by atoms with E-state index >= 15 is 0 Å². The van der Waals surface area contributed by atoms with Crippen molar-refractivity contribution in [1.82, 2.24) is 9.80 Å². The number of carbonyl (C=O) groups is 2. The molecular weight excluding hydrogens is 379 g/mol. The van der Waals surface area contributed by atoms with Gasteiger partial charge < -0.3 is 9.80 Å². The van der Waals surface area contributed by atoms with Crippen LogP contribution in [0.15, 0.2) is 48.5 Å². The first-order valence-electron chi connectivity index (χ1n) is 10.9. The third-order valence-corrected chi connectivity index (χ3v) is 6.51. The summed E-state index contributed by atoms with van der Waals surface area (Å²) in [5.41, 5.74) is 2.74. The first-order chi connectivity index (χ1) is 14.5. The first kappa shape index (κ1) is 20.6. The van der Waals surface area contributed by atoms with Crippen molar-refractivity contribution in [3.8, 4) is 11.1 Å². The average Bonchev–Trinajstić information content (AvgIpc) is 3.25. The van der Waals surface area contributed by atoms with E-state index in [2.05, 4.69) is 0 Å². The molecule has 0 spiro atoms. The van der Waals surface area contributed by atoms with Gasteiger partial charge in [0.2, 0.25) is 11.8 Å². The van der Waals surface area contributed by atoms with Gasteiger partial charge in [-0.25, -0.2) is 4.39 Å². The maximum Gasteiger partial charge on any atom is 0.227 e. The molecule has 5 heteroatoms. The molecule has 30 heavy (non-hydrogen) atoms. The van der Waals surface area contributed by atoms with Crippen LogP contribution in [0, 0.1) is 17.7 Å². The van der Waals surface area contributed by atoms with Crippen molar-refractivity contribution < 1.29 is 14.0 Å². The highest BCUT2D eigenvalue weighted by Gasteiger charge is 2.34. The van der Waals surface area contributed by atoms with Gasteiger partial charge in [-0.2, -0.15) is 0 Å². The second-order valence-electron chi connectivity index (χ2n) is 8.59. The van der Waals surface area contributed by atoms with E-state index in [1.807, 2.05) is 42.3 Å². The van der Waals surface area contributed by atoms with Crippen molar-refractivity contribution in [2.45, 2.75) is 32.1 Å². The van der Waals surface area contributed by atoms with Crippen LogP contribution in [0.25, 0.3) is 11.1 Å². The fourth-order valence-corrected chi connectivity index (χ4v) is 4.81. The number of halogens is 1. The van der Waals surface area contributed by atoms with Crippen molar-refractivity contribution in [2.75, 3.05) is 26.7 Å². The summed E-state index contributed by atoms with van der Waals surface area (Å²) in [4.78, 5) is 29.8. The van der Waals surface area contributed by atoms with Crippen LogP contribution in [-0.2, 0) is 16.0 Å². The third-order valence-electron chi connectivity index (χ3n) is 6.51. The van der Waals surface area contributed by atoms with Gasteiger partial charge in [-0.3, -0.25) is 9.59 Å². The number of rotatable bonds is 4. The molecule has 0 radical (unpaired) electrons. The second-order valence-corrected chi connectivity index (χ2v) is 8.59. The molecule has 2 aromatic rings. The molecule has 1 heterocycles. The van der Waals surface area contributed by atoms with Crippen molar-refractivity contribution in [3.63, 3.8) is 0 Å². The fourth-order valence-electron chi connectivity index (χ4n) is 4.81. The lowest BCUT2D eigenvalue weighted by Crippen LogP contribution is -2.40. The van der Waals surface area contributed by atoms with Crippen LogP contribution < -0.4 is 0 Å². The minimum absolute atomic E-state index is 0.0748. The molecule has 158 valence electrons. The van der Waals surface area contributed by atoms with Gasteiger partial charge in [0.25, 0.3) is 0 Å². The molecule has 1 aliphatic carbocycles. The second kappa shape index (κ2) is 8.99. The van der Waals surface area contributed by atoms with Gasteiger partial charge >= 0.3 is 0 Å². The lowest BCUT2D eigenvalue weighted by atomic mass is 9.91. The summed E-state index contributed by atoms with van der Waals surface area (Å²) < 4.78 is 13.8. The summed E-state index contributed by atoms with van der Waals surface area (Å²) in [6.45, 7) is 1.62. The minimum atomic E-state index is -0.294. The Morgan fingerprint density at radius 3 is 2.60 bits per heavy atom. The number of hydrogen-bond acceptors (Lipinski definition) is 2. The topological polar surface area (TPSA) is 40.6 Å². The Morgan fingerprint density at radius 1 is 1.07 bits per heavy atom. The van der Waals surface area contributed by atoms with Crippen LogP contribution in [0.2, 0.25) is 0 Å². The summed E-state index contributed by atoms with van der Waals surface area (Å²) >= 11 is 0. The highest BCUT2D eigenvalue weighted by Crippen LogP contribution is 2.30. The van der Waals surface area contributed by atoms with Crippen molar-refractivity contribution in [2.24, 2.45) is 11.8 Å². The zero-order valence-electron chi connectivity index (χ0n) is 17.5. The molecule has 2 amide bonds. The molecule has 0 unspecified atom stereocenters. The maximum atomic E-state index is 13.8. The summed E-state index contributed by atoms with van der Waals surface area (Å²) in [5, 5.41) is 0. The third kappa shape index (κ3) is 4.40. The quantitative estimate of drug-likeness (QED) is 0.763. The zero-order chi connectivity index (χ0) is 21.1. The summed E-state index contributed by atoms with van der Waals surface area (Å²) in [7, 11) is 1.82. The summed E-state index contributed by atoms with van der Waals surface area (Å²) in [6.07, 6.45) is 4.70. The Balaban J connectivity index is 1.59. The standard InChI is InChI=1S/C25H29FN2O2/c1-27-13-14-28(25(30)18-7-2-3-8-18)17-21(24(27)29)15-19-9-4-5-12-23(19)20-10-6-11-22(26)16-20/h4-6,9-12,16,18,21H,2-3,7-8,13-15,17H2,1H3/t21-/m0/s1. The van der Waals surface area contributed by atoms with Gasteiger partial charge in [-0.15, -0.1) is 0 Å². The zero-order valence-corrected chi connectivity index (χ0v) is 17.5. The summed E-state index contributed by atoms with van der Waals surface area (Å²) in [5.74, 6) is -0.174. The molecule has 2 aliphatic rings. The first-order valence-corrected chi connectivity index (χ1v) is 10.9. The van der Waals surface area contributed by atoms with Crippen LogP contribution in [0.5, 0.6) is 0 Å². The van der Waals surface area contributed by atoms with Crippen LogP contribution in [-0.4, -0.2) is 48.3 Å². The smallest absolute Gasteiger partial charge is 0.227 e. The Labute approximate surface area is 177 Å². The lowest BCUT2D eigenvalue weighted by molar-refractivity contribution is -0.136. The van der Waals surface area contributed by atoms with E-state index in [1.54, 1.807) is 11.0 Å². The molecule has 1 saturated carbocycles. The molecule has 0 aromatic heterocycles. The van der Waals surface area contributed by atoms with E-state index < -0.39 is 0 Å². The van der Waals surface area contributed by atoms with Crippen LogP contribution >= 0.6 is 0 Å². The number of nitrogens with zero attached hydrogens (tertiary/aromatic N) is 2. The Kier molecular flexibility index (Phi) is 6.16. The van der Waals surface area contributed by atoms with E-state index in [1.165, 1.54) is 12.1 Å². The van der Waals surface area contributed by atoms with Crippen LogP contribution in [0.3, 0.4) is 0 Å². The maximum absolute atomic E-state index is 13.8. The molecule has 4 rings (SSSR count). The normalized spacial score (nSPS) is 20.5. The number of hydrogen-bond donors (Lipinski definition) is 0. The van der Waals surface area contributed by atoms with E-state index in [4.69, 9.17) is 0 Å². The molecule has 4 nitrogen and oxygen atoms in total. The molecular formula is C25H29FN2O2. The number of carbonyl (C=O) groups excluding carboxylic acids is 2. The Morgan fingerprint density at radius 2 is 1.83 bits per heavy atom. The predicted molar refractivity (Wildman–Crippen MR) is 115 cm³/mol. The van der Waals surface area contributed by atoms with Gasteiger partial charge in [0.05, 0.1) is 5.92 Å². The van der Waals surface area contributed by atoms with E-state index in [0.29, 0.717) is 26.1 Å². The minimum Gasteiger partial charge on any atom is -0.344 e. The van der Waals surface area contributed by atoms with Gasteiger partial charge in [-0.05, 0) is 48.1 Å². The van der Waals surface area contributed by atoms with Gasteiger partial charge in [0.15, 0.2) is 0 Å². The fraction of sp³-hybridized carbons (Fsp3) is 0.440. The Hall–Kier alpha value is -2.69. The Bertz CT molecular complexity index is 923. The molecule has 2 aromatic carbocycles. The van der Waals surface area contributed by atoms with Crippen LogP contribution in [0.4, 0.5) is 4.39 Å². The monoisotopic (exact) mass is 408 g/mol. The largest absolute Gasteiger partial charge is 0.344 e. The highest BCUT2D eigenvalue weighted by molar-refractivity contribution is 5.83. The molecule has 0 N–H and O–H groups in total. The molecule has 0 bridgehead atoms. The van der Waals surface area contributed by atoms with E-state index in [-0.39, 0.29) is 29.5 Å². The lowest BCUT2D eigenvalue weighted by Gasteiger charge is -2.26. The van der Waals surface area contributed by atoms with Crippen molar-refractivity contribution in [1.29, 1.82) is 0 Å². The number of likely N-dealkylation sites (N-methyl/N-ethyl adjacent to an activating group) is 1. The SMILES string of the molecule is CN1CCN(C(=O)C2CCCC2)C[C@H](Cc2ccccc2-c2cccc(F)c2)C1=O. The van der Waals surface area contributed by atoms with Gasteiger partial charge in [-0.1, -0.05) is 49.2 Å². The molecule has 1 atom stereocenters.